The number of carbonyl (C=O) groups excluding carboxylic acids is 1. The molecule has 0 aliphatic carbocycles. The summed E-state index contributed by atoms with van der Waals surface area (Å²) in [4.78, 5) is 10.5. The van der Waals surface area contributed by atoms with Crippen molar-refractivity contribution in [2.24, 2.45) is 0 Å². The maximum absolute atomic E-state index is 10.5. The van der Waals surface area contributed by atoms with E-state index < -0.39 is 6.16 Å². The molecule has 0 aliphatic rings. The Morgan fingerprint density at radius 3 is 2.29 bits per heavy atom. The van der Waals surface area contributed by atoms with E-state index in [-0.39, 0.29) is 6.61 Å². The predicted octanol–water partition coefficient (Wildman–Crippen LogP) is 3.00. The summed E-state index contributed by atoms with van der Waals surface area (Å²) in [5.74, 6) is 0. The van der Waals surface area contributed by atoms with E-state index in [1.54, 1.807) is 0 Å². The molecule has 0 atom stereocenters. The zero-order valence-corrected chi connectivity index (χ0v) is 8.82. The summed E-state index contributed by atoms with van der Waals surface area (Å²) in [7, 11) is 1.29. The number of hydrogen-bond donors (Lipinski definition) is 0. The molecule has 1 aromatic carbocycles. The van der Waals surface area contributed by atoms with Crippen LogP contribution in [0.2, 0.25) is 0 Å². The van der Waals surface area contributed by atoms with E-state index in [0.717, 1.165) is 5.56 Å². The Morgan fingerprint density at radius 2 is 1.79 bits per heavy atom. The number of ether oxygens (including phenoxy) is 2. The standard InChI is InChI=1S/C9H10O3.C2H6/c1-11-9(10)12-7-8-5-3-2-4-6-8;1-2/h2-6H,7H2,1H3;1-2H3. The molecule has 0 aromatic heterocycles. The Balaban J connectivity index is 0.000000791. The van der Waals surface area contributed by atoms with Gasteiger partial charge in [-0.05, 0) is 5.56 Å². The molecule has 0 bridgehead atoms. The topological polar surface area (TPSA) is 35.5 Å². The van der Waals surface area contributed by atoms with Crippen LogP contribution in [0.4, 0.5) is 4.79 Å². The van der Waals surface area contributed by atoms with Gasteiger partial charge in [0.2, 0.25) is 0 Å². The van der Waals surface area contributed by atoms with E-state index >= 15 is 0 Å². The number of methoxy groups -OCH3 is 1. The molecule has 0 amide bonds. The van der Waals surface area contributed by atoms with Gasteiger partial charge in [0.05, 0.1) is 7.11 Å². The van der Waals surface area contributed by atoms with Crippen molar-refractivity contribution in [1.29, 1.82) is 0 Å². The molecule has 0 unspecified atom stereocenters. The maximum Gasteiger partial charge on any atom is 0.508 e. The van der Waals surface area contributed by atoms with E-state index in [1.165, 1.54) is 7.11 Å². The van der Waals surface area contributed by atoms with Gasteiger partial charge in [0.15, 0.2) is 0 Å². The van der Waals surface area contributed by atoms with Gasteiger partial charge in [-0.3, -0.25) is 0 Å². The second-order valence-corrected chi connectivity index (χ2v) is 2.23. The maximum atomic E-state index is 10.5. The first kappa shape index (κ1) is 12.5. The zero-order chi connectivity index (χ0) is 10.8. The Kier molecular flexibility index (Phi) is 7.23. The molecule has 1 rings (SSSR count). The smallest absolute Gasteiger partial charge is 0.438 e. The van der Waals surface area contributed by atoms with Crippen LogP contribution in [0.25, 0.3) is 0 Å². The van der Waals surface area contributed by atoms with Gasteiger partial charge in [-0.1, -0.05) is 44.2 Å². The van der Waals surface area contributed by atoms with Crippen molar-refractivity contribution in [3.63, 3.8) is 0 Å². The fourth-order valence-corrected chi connectivity index (χ4v) is 0.775. The van der Waals surface area contributed by atoms with Crippen LogP contribution >= 0.6 is 0 Å². The van der Waals surface area contributed by atoms with E-state index in [4.69, 9.17) is 4.74 Å². The third-order valence-corrected chi connectivity index (χ3v) is 1.37. The molecule has 3 nitrogen and oxygen atoms in total. The number of rotatable bonds is 2. The van der Waals surface area contributed by atoms with Gasteiger partial charge in [-0.25, -0.2) is 4.79 Å². The SMILES string of the molecule is CC.COC(=O)OCc1ccccc1. The lowest BCUT2D eigenvalue weighted by Gasteiger charge is -2.01. The van der Waals surface area contributed by atoms with E-state index in [1.807, 2.05) is 44.2 Å². The van der Waals surface area contributed by atoms with Crippen molar-refractivity contribution >= 4 is 6.16 Å². The van der Waals surface area contributed by atoms with Gasteiger partial charge in [0.1, 0.15) is 6.61 Å². The molecule has 0 heterocycles. The summed E-state index contributed by atoms with van der Waals surface area (Å²) in [5.41, 5.74) is 0.947. The largest absolute Gasteiger partial charge is 0.508 e. The highest BCUT2D eigenvalue weighted by molar-refractivity contribution is 5.59. The first-order chi connectivity index (χ1) is 6.83. The van der Waals surface area contributed by atoms with Gasteiger partial charge in [0, 0.05) is 0 Å². The molecule has 0 saturated carbocycles. The van der Waals surface area contributed by atoms with Crippen LogP contribution in [0.3, 0.4) is 0 Å². The summed E-state index contributed by atoms with van der Waals surface area (Å²) in [6.45, 7) is 4.26. The Morgan fingerprint density at radius 1 is 1.21 bits per heavy atom. The highest BCUT2D eigenvalue weighted by atomic mass is 16.7. The first-order valence-corrected chi connectivity index (χ1v) is 4.57. The van der Waals surface area contributed by atoms with E-state index in [9.17, 15) is 4.79 Å². The summed E-state index contributed by atoms with van der Waals surface area (Å²) in [6, 6.07) is 9.43. The molecule has 0 fully saturated rings. The van der Waals surface area contributed by atoms with Gasteiger partial charge in [-0.15, -0.1) is 0 Å². The summed E-state index contributed by atoms with van der Waals surface area (Å²) in [5, 5.41) is 0. The van der Waals surface area contributed by atoms with Crippen molar-refractivity contribution in [1.82, 2.24) is 0 Å². The van der Waals surface area contributed by atoms with Crippen LogP contribution in [0.15, 0.2) is 30.3 Å². The minimum Gasteiger partial charge on any atom is -0.438 e. The molecule has 3 heteroatoms. The molecular formula is C11H16O3. The average molecular weight is 196 g/mol. The fourth-order valence-electron chi connectivity index (χ4n) is 0.775. The fraction of sp³-hybridized carbons (Fsp3) is 0.364. The lowest BCUT2D eigenvalue weighted by molar-refractivity contribution is 0.0669. The lowest BCUT2D eigenvalue weighted by atomic mass is 10.2. The predicted molar refractivity (Wildman–Crippen MR) is 55.0 cm³/mol. The van der Waals surface area contributed by atoms with Crippen molar-refractivity contribution in [2.45, 2.75) is 20.5 Å². The molecule has 0 saturated heterocycles. The molecule has 1 aromatic rings. The average Bonchev–Trinajstić information content (AvgIpc) is 2.30. The molecule has 0 N–H and O–H groups in total. The number of benzene rings is 1. The van der Waals surface area contributed by atoms with Gasteiger partial charge >= 0.3 is 6.16 Å². The second kappa shape index (κ2) is 8.10. The normalized spacial score (nSPS) is 8.21. The third-order valence-electron chi connectivity index (χ3n) is 1.37. The zero-order valence-electron chi connectivity index (χ0n) is 8.82. The van der Waals surface area contributed by atoms with Gasteiger partial charge in [-0.2, -0.15) is 0 Å². The molecule has 14 heavy (non-hydrogen) atoms. The molecule has 78 valence electrons. The van der Waals surface area contributed by atoms with Crippen molar-refractivity contribution in [3.8, 4) is 0 Å². The van der Waals surface area contributed by atoms with E-state index in [0.29, 0.717) is 0 Å². The van der Waals surface area contributed by atoms with Crippen LogP contribution in [-0.2, 0) is 16.1 Å². The third kappa shape index (κ3) is 5.19. The quantitative estimate of drug-likeness (QED) is 0.682. The minimum atomic E-state index is -0.654. The number of hydrogen-bond acceptors (Lipinski definition) is 3. The van der Waals surface area contributed by atoms with Crippen LogP contribution < -0.4 is 0 Å². The number of carbonyl (C=O) groups is 1. The summed E-state index contributed by atoms with van der Waals surface area (Å²) in [6.07, 6.45) is -0.654. The molecule has 0 radical (unpaired) electrons. The lowest BCUT2D eigenvalue weighted by Crippen LogP contribution is -2.03. The molecule has 0 spiro atoms. The van der Waals surface area contributed by atoms with Crippen LogP contribution in [0.5, 0.6) is 0 Å². The molecular weight excluding hydrogens is 180 g/mol. The van der Waals surface area contributed by atoms with Crippen molar-refractivity contribution < 1.29 is 14.3 Å². The van der Waals surface area contributed by atoms with E-state index in [2.05, 4.69) is 4.74 Å². The highest BCUT2D eigenvalue weighted by Gasteiger charge is 1.99. The van der Waals surface area contributed by atoms with Crippen LogP contribution in [0, 0.1) is 0 Å². The van der Waals surface area contributed by atoms with Crippen LogP contribution in [0.1, 0.15) is 19.4 Å². The summed E-state index contributed by atoms with van der Waals surface area (Å²) < 4.78 is 9.03. The Bertz CT molecular complexity index is 244. The van der Waals surface area contributed by atoms with Gasteiger partial charge in [0.25, 0.3) is 0 Å². The second-order valence-electron chi connectivity index (χ2n) is 2.23. The van der Waals surface area contributed by atoms with Crippen molar-refractivity contribution in [2.75, 3.05) is 7.11 Å². The monoisotopic (exact) mass is 196 g/mol. The Labute approximate surface area is 84.7 Å². The summed E-state index contributed by atoms with van der Waals surface area (Å²) >= 11 is 0. The van der Waals surface area contributed by atoms with Gasteiger partial charge < -0.3 is 9.47 Å². The minimum absolute atomic E-state index is 0.257. The van der Waals surface area contributed by atoms with Crippen LogP contribution in [-0.4, -0.2) is 13.3 Å². The highest BCUT2D eigenvalue weighted by Crippen LogP contribution is 2.00. The van der Waals surface area contributed by atoms with Crippen molar-refractivity contribution in [3.05, 3.63) is 35.9 Å². The first-order valence-electron chi connectivity index (χ1n) is 4.57. The molecule has 0 aliphatic heterocycles. The Hall–Kier alpha value is -1.51.